The van der Waals surface area contributed by atoms with Gasteiger partial charge in [0.2, 0.25) is 0 Å². The molecule has 2 heterocycles. The average Bonchev–Trinajstić information content (AvgIpc) is 2.59. The summed E-state index contributed by atoms with van der Waals surface area (Å²) >= 11 is 0. The van der Waals surface area contributed by atoms with Crippen molar-refractivity contribution >= 4 is 5.91 Å². The lowest BCUT2D eigenvalue weighted by Crippen LogP contribution is -2.57. The van der Waals surface area contributed by atoms with Crippen LogP contribution in [-0.2, 0) is 9.53 Å². The number of methoxy groups -OCH3 is 1. The summed E-state index contributed by atoms with van der Waals surface area (Å²) in [7, 11) is 1.62. The molecular weight excluding hydrogens is 216 g/mol. The SMILES string of the molecule is CCC(C)(OC)C(=O)N1C2CCC1CC(N)C2. The minimum absolute atomic E-state index is 0.155. The second-order valence-corrected chi connectivity index (χ2v) is 5.62. The van der Waals surface area contributed by atoms with Gasteiger partial charge in [0.1, 0.15) is 5.60 Å². The topological polar surface area (TPSA) is 55.6 Å². The van der Waals surface area contributed by atoms with Crippen LogP contribution in [0.3, 0.4) is 0 Å². The lowest BCUT2D eigenvalue weighted by Gasteiger charge is -2.42. The van der Waals surface area contributed by atoms with E-state index in [0.29, 0.717) is 18.5 Å². The number of nitrogens with two attached hydrogens (primary N) is 1. The van der Waals surface area contributed by atoms with Gasteiger partial charge >= 0.3 is 0 Å². The van der Waals surface area contributed by atoms with E-state index < -0.39 is 5.60 Å². The van der Waals surface area contributed by atoms with E-state index in [1.807, 2.05) is 13.8 Å². The molecule has 4 nitrogen and oxygen atoms in total. The van der Waals surface area contributed by atoms with Gasteiger partial charge in [0.25, 0.3) is 5.91 Å². The molecule has 1 amide bonds. The summed E-state index contributed by atoms with van der Waals surface area (Å²) in [6.45, 7) is 3.89. The number of hydrogen-bond acceptors (Lipinski definition) is 3. The largest absolute Gasteiger partial charge is 0.369 e. The molecule has 4 heteroatoms. The molecule has 2 rings (SSSR count). The normalized spacial score (nSPS) is 35.8. The summed E-state index contributed by atoms with van der Waals surface area (Å²) < 4.78 is 5.43. The maximum Gasteiger partial charge on any atom is 0.255 e. The van der Waals surface area contributed by atoms with E-state index in [4.69, 9.17) is 10.5 Å². The van der Waals surface area contributed by atoms with E-state index in [0.717, 1.165) is 25.7 Å². The third-order valence-electron chi connectivity index (χ3n) is 4.58. The Hall–Kier alpha value is -0.610. The Morgan fingerprint density at radius 2 is 1.94 bits per heavy atom. The van der Waals surface area contributed by atoms with Crippen molar-refractivity contribution in [3.8, 4) is 0 Å². The quantitative estimate of drug-likeness (QED) is 0.808. The highest BCUT2D eigenvalue weighted by molar-refractivity contribution is 5.85. The van der Waals surface area contributed by atoms with E-state index in [-0.39, 0.29) is 11.9 Å². The second kappa shape index (κ2) is 4.58. The molecule has 0 radical (unpaired) electrons. The monoisotopic (exact) mass is 240 g/mol. The zero-order valence-electron chi connectivity index (χ0n) is 11.1. The predicted molar refractivity (Wildman–Crippen MR) is 66.6 cm³/mol. The molecule has 3 atom stereocenters. The van der Waals surface area contributed by atoms with Gasteiger partial charge in [-0.25, -0.2) is 0 Å². The summed E-state index contributed by atoms with van der Waals surface area (Å²) in [4.78, 5) is 14.7. The molecule has 0 aromatic carbocycles. The number of nitrogens with zero attached hydrogens (tertiary/aromatic N) is 1. The molecule has 17 heavy (non-hydrogen) atoms. The van der Waals surface area contributed by atoms with Gasteiger partial charge in [-0.1, -0.05) is 6.92 Å². The smallest absolute Gasteiger partial charge is 0.255 e. The fourth-order valence-electron chi connectivity index (χ4n) is 3.21. The lowest BCUT2D eigenvalue weighted by atomic mass is 9.93. The Kier molecular flexibility index (Phi) is 3.46. The second-order valence-electron chi connectivity index (χ2n) is 5.62. The molecule has 2 bridgehead atoms. The van der Waals surface area contributed by atoms with Crippen molar-refractivity contribution in [2.24, 2.45) is 5.73 Å². The van der Waals surface area contributed by atoms with Crippen LogP contribution in [-0.4, -0.2) is 41.6 Å². The summed E-state index contributed by atoms with van der Waals surface area (Å²) in [6, 6.07) is 0.960. The standard InChI is InChI=1S/C13H24N2O2/c1-4-13(2,17-3)12(16)15-10-5-6-11(15)8-9(14)7-10/h9-11H,4-8,14H2,1-3H3. The number of piperidine rings is 1. The van der Waals surface area contributed by atoms with Crippen molar-refractivity contribution in [3.63, 3.8) is 0 Å². The molecule has 3 unspecified atom stereocenters. The van der Waals surface area contributed by atoms with Crippen molar-refractivity contribution in [2.45, 2.75) is 69.7 Å². The zero-order valence-corrected chi connectivity index (χ0v) is 11.1. The Bertz CT molecular complexity index is 288. The molecule has 98 valence electrons. The van der Waals surface area contributed by atoms with Gasteiger partial charge in [-0.2, -0.15) is 0 Å². The number of amides is 1. The molecular formula is C13H24N2O2. The van der Waals surface area contributed by atoms with Crippen LogP contribution in [0.1, 0.15) is 46.0 Å². The lowest BCUT2D eigenvalue weighted by molar-refractivity contribution is -0.158. The van der Waals surface area contributed by atoms with E-state index >= 15 is 0 Å². The summed E-state index contributed by atoms with van der Waals surface area (Å²) in [5, 5.41) is 0. The molecule has 2 fully saturated rings. The maximum atomic E-state index is 12.6. The summed E-state index contributed by atoms with van der Waals surface area (Å²) in [6.07, 6.45) is 4.82. The Morgan fingerprint density at radius 1 is 1.41 bits per heavy atom. The van der Waals surface area contributed by atoms with Crippen LogP contribution in [0.15, 0.2) is 0 Å². The van der Waals surface area contributed by atoms with E-state index in [9.17, 15) is 4.79 Å². The van der Waals surface area contributed by atoms with Crippen LogP contribution in [0.25, 0.3) is 0 Å². The van der Waals surface area contributed by atoms with E-state index in [1.54, 1.807) is 7.11 Å². The number of hydrogen-bond donors (Lipinski definition) is 1. The van der Waals surface area contributed by atoms with Crippen LogP contribution in [0.5, 0.6) is 0 Å². The average molecular weight is 240 g/mol. The van der Waals surface area contributed by atoms with E-state index in [2.05, 4.69) is 4.90 Å². The fraction of sp³-hybridized carbons (Fsp3) is 0.923. The first-order valence-electron chi connectivity index (χ1n) is 6.65. The molecule has 0 spiro atoms. The van der Waals surface area contributed by atoms with Crippen LogP contribution in [0.4, 0.5) is 0 Å². The van der Waals surface area contributed by atoms with Gasteiger partial charge in [-0.15, -0.1) is 0 Å². The van der Waals surface area contributed by atoms with E-state index in [1.165, 1.54) is 0 Å². The third-order valence-corrected chi connectivity index (χ3v) is 4.58. The van der Waals surface area contributed by atoms with Crippen molar-refractivity contribution < 1.29 is 9.53 Å². The molecule has 0 aromatic rings. The van der Waals surface area contributed by atoms with Crippen molar-refractivity contribution in [2.75, 3.05) is 7.11 Å². The maximum absolute atomic E-state index is 12.6. The molecule has 0 aliphatic carbocycles. The van der Waals surface area contributed by atoms with Gasteiger partial charge < -0.3 is 15.4 Å². The molecule has 0 aromatic heterocycles. The molecule has 2 N–H and O–H groups in total. The molecule has 0 saturated carbocycles. The Balaban J connectivity index is 2.16. The molecule has 2 aliphatic rings. The Labute approximate surface area is 103 Å². The van der Waals surface area contributed by atoms with Crippen LogP contribution in [0.2, 0.25) is 0 Å². The first kappa shape index (κ1) is 12.8. The Morgan fingerprint density at radius 3 is 2.35 bits per heavy atom. The van der Waals surface area contributed by atoms with Crippen molar-refractivity contribution in [3.05, 3.63) is 0 Å². The fourth-order valence-corrected chi connectivity index (χ4v) is 3.21. The van der Waals surface area contributed by atoms with Crippen LogP contribution in [0, 0.1) is 0 Å². The predicted octanol–water partition coefficient (Wildman–Crippen LogP) is 1.28. The highest BCUT2D eigenvalue weighted by Gasteiger charge is 2.47. The van der Waals surface area contributed by atoms with Gasteiger partial charge in [0.15, 0.2) is 0 Å². The van der Waals surface area contributed by atoms with Crippen molar-refractivity contribution in [1.82, 2.24) is 4.90 Å². The number of carbonyl (C=O) groups excluding carboxylic acids is 1. The minimum Gasteiger partial charge on any atom is -0.369 e. The van der Waals surface area contributed by atoms with Gasteiger partial charge in [0, 0.05) is 25.2 Å². The minimum atomic E-state index is -0.664. The first-order chi connectivity index (χ1) is 8.01. The highest BCUT2D eigenvalue weighted by Crippen LogP contribution is 2.37. The zero-order chi connectivity index (χ0) is 12.6. The van der Waals surface area contributed by atoms with Gasteiger partial charge in [-0.3, -0.25) is 4.79 Å². The van der Waals surface area contributed by atoms with Crippen molar-refractivity contribution in [1.29, 1.82) is 0 Å². The number of carbonyl (C=O) groups is 1. The first-order valence-corrected chi connectivity index (χ1v) is 6.65. The van der Waals surface area contributed by atoms with Crippen LogP contribution >= 0.6 is 0 Å². The van der Waals surface area contributed by atoms with Gasteiger partial charge in [0.05, 0.1) is 0 Å². The highest BCUT2D eigenvalue weighted by atomic mass is 16.5. The number of ether oxygens (including phenoxy) is 1. The van der Waals surface area contributed by atoms with Gasteiger partial charge in [-0.05, 0) is 39.0 Å². The summed E-state index contributed by atoms with van der Waals surface area (Å²) in [5.74, 6) is 0.155. The number of fused-ring (bicyclic) bond motifs is 2. The molecule has 2 aliphatic heterocycles. The third kappa shape index (κ3) is 2.08. The molecule has 2 saturated heterocycles. The summed E-state index contributed by atoms with van der Waals surface area (Å²) in [5.41, 5.74) is 5.36. The van der Waals surface area contributed by atoms with Crippen LogP contribution < -0.4 is 5.73 Å². The number of rotatable bonds is 3.